The molecule has 0 aliphatic rings. The normalized spacial score (nSPS) is 7.45. The third kappa shape index (κ3) is 98.5. The maximum Gasteiger partial charge on any atom is 2.00 e. The molecule has 0 unspecified atom stereocenters. The predicted molar refractivity (Wildman–Crippen MR) is 107 cm³/mol. The molecule has 9 heteroatoms. The molecule has 138 valence electrons. The van der Waals surface area contributed by atoms with Crippen molar-refractivity contribution in [3.63, 3.8) is 0 Å². The maximum absolute atomic E-state index is 7.75. The summed E-state index contributed by atoms with van der Waals surface area (Å²) in [5.41, 5.74) is 0. The minimum atomic E-state index is 0. The van der Waals surface area contributed by atoms with Crippen LogP contribution in [0.5, 0.6) is 0 Å². The van der Waals surface area contributed by atoms with Crippen LogP contribution in [0.2, 0.25) is 0 Å². The largest absolute Gasteiger partial charge is 2.00 e. The van der Waals surface area contributed by atoms with E-state index in [-0.39, 0.29) is 73.8 Å². The SMILES string of the molecule is C[PH+](C)C[PH+](C)C.C[PH+](C)C[PH+](C)C.[C-]#N.[C-]#N.[CH-]=O.[Pt+2].[Pt]. The summed E-state index contributed by atoms with van der Waals surface area (Å²) in [4.78, 5) is 7.75. The van der Waals surface area contributed by atoms with E-state index in [0.717, 1.165) is 0 Å². The van der Waals surface area contributed by atoms with Crippen LogP contribution in [0.4, 0.5) is 0 Å². The first-order valence-corrected chi connectivity index (χ1v) is 16.9. The average Bonchev–Trinajstić information content (AvgIpc) is 2.34. The van der Waals surface area contributed by atoms with E-state index in [4.69, 9.17) is 28.5 Å². The summed E-state index contributed by atoms with van der Waals surface area (Å²) in [6, 6.07) is 0. The summed E-state index contributed by atoms with van der Waals surface area (Å²) in [6.45, 7) is 31.9. The second kappa shape index (κ2) is 43.4. The van der Waals surface area contributed by atoms with Gasteiger partial charge in [-0.25, -0.2) is 0 Å². The molecule has 0 saturated heterocycles. The minimum Gasteiger partial charge on any atom is -0.545 e. The Hall–Kier alpha value is 1.75. The number of hydrogen-bond donors (Lipinski definition) is 0. The summed E-state index contributed by atoms with van der Waals surface area (Å²) in [5.74, 6) is 3.13. The van der Waals surface area contributed by atoms with E-state index in [0.29, 0.717) is 0 Å². The zero-order chi connectivity index (χ0) is 17.7. The number of rotatable bonds is 4. The third-order valence-electron chi connectivity index (χ3n) is 1.41. The summed E-state index contributed by atoms with van der Waals surface area (Å²) in [6.07, 6.45) is 0. The maximum atomic E-state index is 7.75. The Kier molecular flexibility index (Phi) is 86.4. The monoisotopic (exact) mass is 747 g/mol. The fraction of sp³-hybridized carbons (Fsp3) is 0.769. The van der Waals surface area contributed by atoms with E-state index in [1.165, 1.54) is 0 Å². The molecule has 3 nitrogen and oxygen atoms in total. The molecule has 0 aliphatic heterocycles. The number of carbonyl (C=O) groups excluding carboxylic acids is 1. The molecule has 0 aromatic rings. The topological polar surface area (TPSA) is 64.7 Å². The van der Waals surface area contributed by atoms with E-state index >= 15 is 0 Å². The first kappa shape index (κ1) is 43.8. The number of nitrogens with zero attached hydrogens (tertiary/aromatic N) is 2. The first-order valence-electron chi connectivity index (χ1n) is 6.10. The van der Waals surface area contributed by atoms with Crippen molar-refractivity contribution in [3.05, 3.63) is 13.1 Å². The Bertz CT molecular complexity index is 173. The van der Waals surface area contributed by atoms with Crippen LogP contribution in [0.25, 0.3) is 0 Å². The van der Waals surface area contributed by atoms with Crippen molar-refractivity contribution in [1.29, 1.82) is 10.5 Å². The van der Waals surface area contributed by atoms with Crippen LogP contribution < -0.4 is 0 Å². The second-order valence-corrected chi connectivity index (χ2v) is 17.7. The van der Waals surface area contributed by atoms with Crippen molar-refractivity contribution in [2.24, 2.45) is 0 Å². The standard InChI is InChI=1S/2C5H14P2.2CN.CHO.2Pt/c2*1-6(2)5-7(3)4;3*1-2;;/h2*5H2,1-4H3;;;1H;;/q;;3*-1;;+2/p+4. The van der Waals surface area contributed by atoms with Crippen LogP contribution in [-0.2, 0) is 46.9 Å². The van der Waals surface area contributed by atoms with Crippen LogP contribution in [0, 0.1) is 23.7 Å². The van der Waals surface area contributed by atoms with Crippen molar-refractivity contribution in [1.82, 2.24) is 0 Å². The zero-order valence-corrected chi connectivity index (χ0v) is 23.5. The minimum absolute atomic E-state index is 0. The van der Waals surface area contributed by atoms with Gasteiger partial charge in [-0.1, -0.05) is 0 Å². The summed E-state index contributed by atoms with van der Waals surface area (Å²) < 4.78 is 0. The average molecular weight is 747 g/mol. The van der Waals surface area contributed by atoms with Crippen molar-refractivity contribution in [2.75, 3.05) is 65.1 Å². The van der Waals surface area contributed by atoms with Crippen molar-refractivity contribution in [2.45, 2.75) is 0 Å². The first-order chi connectivity index (χ1) is 9.25. The van der Waals surface area contributed by atoms with Crippen LogP contribution in [0.1, 0.15) is 0 Å². The quantitative estimate of drug-likeness (QED) is 0.251. The Morgan fingerprint density at radius 3 is 0.727 bits per heavy atom. The summed E-state index contributed by atoms with van der Waals surface area (Å²) in [5, 5.41) is 12.5. The van der Waals surface area contributed by atoms with Crippen LogP contribution in [-0.4, -0.2) is 71.9 Å². The van der Waals surface area contributed by atoms with Gasteiger partial charge < -0.3 is 28.5 Å². The molecule has 0 bridgehead atoms. The molecule has 0 aromatic heterocycles. The van der Waals surface area contributed by atoms with E-state index < -0.39 is 0 Å². The van der Waals surface area contributed by atoms with Gasteiger partial charge in [0.1, 0.15) is 0 Å². The van der Waals surface area contributed by atoms with Crippen LogP contribution in [0.3, 0.4) is 0 Å². The third-order valence-corrected chi connectivity index (χ3v) is 12.7. The van der Waals surface area contributed by atoms with Crippen LogP contribution in [0.15, 0.2) is 0 Å². The summed E-state index contributed by atoms with van der Waals surface area (Å²) in [7, 11) is 0.444. The zero-order valence-electron chi connectivity index (χ0n) is 14.9. The molecule has 0 fully saturated rings. The molecule has 0 saturated carbocycles. The van der Waals surface area contributed by atoms with Gasteiger partial charge >= 0.3 is 21.1 Å². The molecular formula is C13H33N2OP4Pt2+3. The van der Waals surface area contributed by atoms with Gasteiger partial charge in [0.2, 0.25) is 0 Å². The van der Waals surface area contributed by atoms with Crippen molar-refractivity contribution >= 4 is 38.5 Å². The molecular weight excluding hydrogens is 714 g/mol. The van der Waals surface area contributed by atoms with E-state index in [2.05, 4.69) is 60.1 Å². The fourth-order valence-electron chi connectivity index (χ4n) is 1.41. The van der Waals surface area contributed by atoms with Gasteiger partial charge in [-0.05, 0) is 0 Å². The van der Waals surface area contributed by atoms with E-state index in [1.54, 1.807) is 11.8 Å². The smallest absolute Gasteiger partial charge is 0.545 e. The molecule has 0 spiro atoms. The second-order valence-electron chi connectivity index (χ2n) is 5.18. The number of hydrogen-bond acceptors (Lipinski definition) is 3. The Labute approximate surface area is 173 Å². The molecule has 0 aromatic carbocycles. The van der Waals surface area contributed by atoms with E-state index in [9.17, 15) is 0 Å². The Balaban J connectivity index is -0.0000000285. The van der Waals surface area contributed by atoms with Gasteiger partial charge in [0, 0.05) is 106 Å². The predicted octanol–water partition coefficient (Wildman–Crippen LogP) is 3.70. The van der Waals surface area contributed by atoms with Crippen LogP contribution >= 0.6 is 31.7 Å². The Morgan fingerprint density at radius 2 is 0.727 bits per heavy atom. The Morgan fingerprint density at radius 1 is 0.636 bits per heavy atom. The van der Waals surface area contributed by atoms with Gasteiger partial charge in [-0.15, -0.1) is 0 Å². The molecule has 0 radical (unpaired) electrons. The molecule has 0 N–H and O–H groups in total. The van der Waals surface area contributed by atoms with Crippen molar-refractivity contribution in [3.8, 4) is 0 Å². The van der Waals surface area contributed by atoms with Gasteiger partial charge in [0.05, 0.1) is 0 Å². The summed E-state index contributed by atoms with van der Waals surface area (Å²) >= 11 is 0. The molecule has 22 heavy (non-hydrogen) atoms. The molecule has 0 heterocycles. The molecule has 0 amide bonds. The van der Waals surface area contributed by atoms with Gasteiger partial charge in [0.15, 0.2) is 11.8 Å². The van der Waals surface area contributed by atoms with Gasteiger partial charge in [-0.3, -0.25) is 6.79 Å². The molecule has 0 rings (SSSR count). The molecule has 0 atom stereocenters. The van der Waals surface area contributed by atoms with Gasteiger partial charge in [0.25, 0.3) is 0 Å². The fourth-order valence-corrected chi connectivity index (χ4v) is 12.7. The molecule has 0 aliphatic carbocycles. The van der Waals surface area contributed by atoms with Crippen molar-refractivity contribution < 1.29 is 46.9 Å². The van der Waals surface area contributed by atoms with Gasteiger partial charge in [-0.2, -0.15) is 0 Å². The van der Waals surface area contributed by atoms with E-state index in [1.807, 2.05) is 0 Å².